The standard InChI is InChI=1S/C11H16N6OS/c1-8(2)17-7-15-16-11(17)19-6-10(18)14-5-9-12-3-4-13-9/h3-4,7-8H,5-6H2,1-2H3,(H,12,13)(H,14,18). The smallest absolute Gasteiger partial charge is 0.230 e. The van der Waals surface area contributed by atoms with E-state index in [1.807, 2.05) is 18.4 Å². The number of amides is 1. The molecule has 8 heteroatoms. The maximum Gasteiger partial charge on any atom is 0.230 e. The van der Waals surface area contributed by atoms with Gasteiger partial charge in [-0.3, -0.25) is 4.79 Å². The minimum Gasteiger partial charge on any atom is -0.348 e. The van der Waals surface area contributed by atoms with E-state index in [0.717, 1.165) is 11.0 Å². The number of hydrogen-bond donors (Lipinski definition) is 2. The summed E-state index contributed by atoms with van der Waals surface area (Å²) in [5.41, 5.74) is 0. The molecule has 1 amide bonds. The number of nitrogens with zero attached hydrogens (tertiary/aromatic N) is 4. The first kappa shape index (κ1) is 13.6. The van der Waals surface area contributed by atoms with Crippen molar-refractivity contribution in [3.8, 4) is 0 Å². The molecule has 0 unspecified atom stereocenters. The average Bonchev–Trinajstić information content (AvgIpc) is 3.04. The van der Waals surface area contributed by atoms with Gasteiger partial charge in [0.25, 0.3) is 0 Å². The monoisotopic (exact) mass is 280 g/mol. The number of imidazole rings is 1. The summed E-state index contributed by atoms with van der Waals surface area (Å²) >= 11 is 1.37. The molecule has 0 saturated heterocycles. The van der Waals surface area contributed by atoms with Gasteiger partial charge in [0.1, 0.15) is 12.2 Å². The molecule has 7 nitrogen and oxygen atoms in total. The van der Waals surface area contributed by atoms with E-state index in [4.69, 9.17) is 0 Å². The summed E-state index contributed by atoms with van der Waals surface area (Å²) in [5.74, 6) is 0.995. The Morgan fingerprint density at radius 3 is 3.11 bits per heavy atom. The van der Waals surface area contributed by atoms with Gasteiger partial charge in [-0.25, -0.2) is 4.98 Å². The van der Waals surface area contributed by atoms with Crippen LogP contribution in [0.5, 0.6) is 0 Å². The number of nitrogens with one attached hydrogen (secondary N) is 2. The molecular weight excluding hydrogens is 264 g/mol. The van der Waals surface area contributed by atoms with E-state index in [2.05, 4.69) is 25.5 Å². The normalized spacial score (nSPS) is 10.9. The lowest BCUT2D eigenvalue weighted by molar-refractivity contribution is -0.118. The first-order valence-electron chi connectivity index (χ1n) is 5.94. The Hall–Kier alpha value is -1.83. The van der Waals surface area contributed by atoms with Crippen molar-refractivity contribution in [2.75, 3.05) is 5.75 Å². The summed E-state index contributed by atoms with van der Waals surface area (Å²) in [6, 6.07) is 0.281. The average molecular weight is 280 g/mol. The molecule has 0 bridgehead atoms. The van der Waals surface area contributed by atoms with E-state index in [9.17, 15) is 4.79 Å². The van der Waals surface area contributed by atoms with Crippen molar-refractivity contribution in [1.82, 2.24) is 30.0 Å². The molecule has 0 radical (unpaired) electrons. The second kappa shape index (κ2) is 6.37. The van der Waals surface area contributed by atoms with Crippen molar-refractivity contribution in [2.24, 2.45) is 0 Å². The van der Waals surface area contributed by atoms with Crippen LogP contribution in [0.3, 0.4) is 0 Å². The highest BCUT2D eigenvalue weighted by Gasteiger charge is 2.10. The van der Waals surface area contributed by atoms with Crippen LogP contribution in [0.2, 0.25) is 0 Å². The predicted octanol–water partition coefficient (Wildman–Crippen LogP) is 0.991. The number of hydrogen-bond acceptors (Lipinski definition) is 5. The molecule has 102 valence electrons. The third-order valence-electron chi connectivity index (χ3n) is 2.44. The van der Waals surface area contributed by atoms with Gasteiger partial charge in [0.05, 0.1) is 12.3 Å². The van der Waals surface area contributed by atoms with E-state index >= 15 is 0 Å². The van der Waals surface area contributed by atoms with Crippen LogP contribution in [0.25, 0.3) is 0 Å². The molecule has 0 atom stereocenters. The van der Waals surface area contributed by atoms with Crippen molar-refractivity contribution >= 4 is 17.7 Å². The van der Waals surface area contributed by atoms with Crippen molar-refractivity contribution < 1.29 is 4.79 Å². The third-order valence-corrected chi connectivity index (χ3v) is 3.39. The Kier molecular flexibility index (Phi) is 4.56. The zero-order valence-electron chi connectivity index (χ0n) is 10.8. The van der Waals surface area contributed by atoms with Crippen molar-refractivity contribution in [1.29, 1.82) is 0 Å². The van der Waals surface area contributed by atoms with Crippen LogP contribution in [-0.2, 0) is 11.3 Å². The Bertz CT molecular complexity index is 521. The highest BCUT2D eigenvalue weighted by atomic mass is 32.2. The van der Waals surface area contributed by atoms with Crippen LogP contribution in [-0.4, -0.2) is 36.4 Å². The fourth-order valence-corrected chi connectivity index (χ4v) is 2.32. The van der Waals surface area contributed by atoms with E-state index in [-0.39, 0.29) is 11.9 Å². The molecule has 0 fully saturated rings. The molecule has 0 aliphatic rings. The highest BCUT2D eigenvalue weighted by molar-refractivity contribution is 7.99. The summed E-state index contributed by atoms with van der Waals surface area (Å²) in [4.78, 5) is 18.6. The van der Waals surface area contributed by atoms with Crippen LogP contribution in [0.15, 0.2) is 23.9 Å². The van der Waals surface area contributed by atoms with Crippen LogP contribution in [0.1, 0.15) is 25.7 Å². The summed E-state index contributed by atoms with van der Waals surface area (Å²) in [6.45, 7) is 4.50. The number of H-pyrrole nitrogens is 1. The second-order valence-corrected chi connectivity index (χ2v) is 5.16. The lowest BCUT2D eigenvalue weighted by Crippen LogP contribution is -2.25. The van der Waals surface area contributed by atoms with E-state index < -0.39 is 0 Å². The topological polar surface area (TPSA) is 88.5 Å². The van der Waals surface area contributed by atoms with Gasteiger partial charge in [0.2, 0.25) is 5.91 Å². The van der Waals surface area contributed by atoms with Crippen LogP contribution in [0, 0.1) is 0 Å². The summed E-state index contributed by atoms with van der Waals surface area (Å²) < 4.78 is 1.93. The molecule has 0 aliphatic carbocycles. The molecule has 2 aromatic heterocycles. The minimum absolute atomic E-state index is 0.0558. The molecule has 0 spiro atoms. The van der Waals surface area contributed by atoms with Gasteiger partial charge in [-0.15, -0.1) is 10.2 Å². The summed E-state index contributed by atoms with van der Waals surface area (Å²) in [7, 11) is 0. The van der Waals surface area contributed by atoms with Gasteiger partial charge in [-0.2, -0.15) is 0 Å². The lowest BCUT2D eigenvalue weighted by Gasteiger charge is -2.09. The number of carbonyl (C=O) groups is 1. The van der Waals surface area contributed by atoms with E-state index in [0.29, 0.717) is 12.3 Å². The predicted molar refractivity (Wildman–Crippen MR) is 71.6 cm³/mol. The molecule has 2 aromatic rings. The minimum atomic E-state index is -0.0558. The maximum atomic E-state index is 11.7. The maximum absolute atomic E-state index is 11.7. The summed E-state index contributed by atoms with van der Waals surface area (Å²) in [6.07, 6.45) is 5.05. The lowest BCUT2D eigenvalue weighted by atomic mass is 10.4. The quantitative estimate of drug-likeness (QED) is 0.770. The number of rotatable bonds is 6. The number of aromatic nitrogens is 5. The Labute approximate surface area is 115 Å². The van der Waals surface area contributed by atoms with E-state index in [1.165, 1.54) is 11.8 Å². The Morgan fingerprint density at radius 2 is 2.42 bits per heavy atom. The Balaban J connectivity index is 1.78. The van der Waals surface area contributed by atoms with Crippen molar-refractivity contribution in [3.63, 3.8) is 0 Å². The SMILES string of the molecule is CC(C)n1cnnc1SCC(=O)NCc1ncc[nH]1. The fraction of sp³-hybridized carbons (Fsp3) is 0.455. The van der Waals surface area contributed by atoms with Gasteiger partial charge in [0, 0.05) is 18.4 Å². The van der Waals surface area contributed by atoms with Crippen LogP contribution >= 0.6 is 11.8 Å². The van der Waals surface area contributed by atoms with Gasteiger partial charge >= 0.3 is 0 Å². The van der Waals surface area contributed by atoms with Gasteiger partial charge < -0.3 is 14.9 Å². The molecule has 2 heterocycles. The number of carbonyl (C=O) groups excluding carboxylic acids is 1. The zero-order valence-corrected chi connectivity index (χ0v) is 11.6. The molecule has 19 heavy (non-hydrogen) atoms. The van der Waals surface area contributed by atoms with Crippen LogP contribution < -0.4 is 5.32 Å². The van der Waals surface area contributed by atoms with E-state index in [1.54, 1.807) is 18.7 Å². The summed E-state index contributed by atoms with van der Waals surface area (Å²) in [5, 5.41) is 11.4. The molecule has 0 saturated carbocycles. The second-order valence-electron chi connectivity index (χ2n) is 4.22. The molecule has 2 N–H and O–H groups in total. The van der Waals surface area contributed by atoms with Crippen molar-refractivity contribution in [2.45, 2.75) is 31.6 Å². The Morgan fingerprint density at radius 1 is 1.58 bits per heavy atom. The van der Waals surface area contributed by atoms with Crippen LogP contribution in [0.4, 0.5) is 0 Å². The fourth-order valence-electron chi connectivity index (χ4n) is 1.45. The van der Waals surface area contributed by atoms with Gasteiger partial charge in [-0.05, 0) is 13.8 Å². The van der Waals surface area contributed by atoms with Gasteiger partial charge in [-0.1, -0.05) is 11.8 Å². The molecule has 0 aliphatic heterocycles. The first-order valence-corrected chi connectivity index (χ1v) is 6.92. The molecular formula is C11H16N6OS. The highest BCUT2D eigenvalue weighted by Crippen LogP contribution is 2.18. The molecule has 0 aromatic carbocycles. The largest absolute Gasteiger partial charge is 0.348 e. The van der Waals surface area contributed by atoms with Gasteiger partial charge in [0.15, 0.2) is 5.16 Å². The first-order chi connectivity index (χ1) is 9.16. The number of thioether (sulfide) groups is 1. The molecule has 2 rings (SSSR count). The van der Waals surface area contributed by atoms with Crippen molar-refractivity contribution in [3.05, 3.63) is 24.5 Å². The third kappa shape index (κ3) is 3.82. The number of aromatic amines is 1. The zero-order chi connectivity index (χ0) is 13.7.